The number of likely N-dealkylation sites (N-methyl/N-ethyl adjacent to an activating group) is 1. The first kappa shape index (κ1) is 15.4. The van der Waals surface area contributed by atoms with E-state index in [1.165, 1.54) is 0 Å². The Labute approximate surface area is 115 Å². The minimum Gasteiger partial charge on any atom is -0.380 e. The molecule has 0 atom stereocenters. The molecule has 0 aliphatic heterocycles. The SMILES string of the molecule is CCOCCN(CC)c1nc(NC)nc(N(C)C)n1. The molecule has 1 rings (SSSR count). The average molecular weight is 268 g/mol. The second-order valence-corrected chi connectivity index (χ2v) is 4.18. The van der Waals surface area contributed by atoms with Gasteiger partial charge < -0.3 is 19.9 Å². The lowest BCUT2D eigenvalue weighted by Gasteiger charge is -2.22. The molecular weight excluding hydrogens is 244 g/mol. The standard InChI is InChI=1S/C12H24N6O/c1-6-18(8-9-19-7-2)12-15-10(13-3)14-11(16-12)17(4)5/h6-9H2,1-5H3,(H,13,14,15,16). The Hall–Kier alpha value is -1.63. The van der Waals surface area contributed by atoms with Gasteiger partial charge in [0.2, 0.25) is 17.8 Å². The van der Waals surface area contributed by atoms with E-state index in [4.69, 9.17) is 4.74 Å². The van der Waals surface area contributed by atoms with Gasteiger partial charge in [-0.1, -0.05) is 0 Å². The fraction of sp³-hybridized carbons (Fsp3) is 0.750. The van der Waals surface area contributed by atoms with E-state index in [2.05, 4.69) is 32.1 Å². The Morgan fingerprint density at radius 1 is 1.11 bits per heavy atom. The third-order valence-electron chi connectivity index (χ3n) is 2.61. The van der Waals surface area contributed by atoms with Gasteiger partial charge in [0.1, 0.15) is 0 Å². The molecule has 7 nitrogen and oxygen atoms in total. The quantitative estimate of drug-likeness (QED) is 0.701. The first-order chi connectivity index (χ1) is 9.12. The fourth-order valence-electron chi connectivity index (χ4n) is 1.53. The van der Waals surface area contributed by atoms with Crippen LogP contribution >= 0.6 is 0 Å². The van der Waals surface area contributed by atoms with Crippen LogP contribution in [0, 0.1) is 0 Å². The van der Waals surface area contributed by atoms with E-state index < -0.39 is 0 Å². The summed E-state index contributed by atoms with van der Waals surface area (Å²) in [7, 11) is 5.62. The molecule has 1 heterocycles. The van der Waals surface area contributed by atoms with Crippen LogP contribution in [0.25, 0.3) is 0 Å². The summed E-state index contributed by atoms with van der Waals surface area (Å²) in [6, 6.07) is 0. The summed E-state index contributed by atoms with van der Waals surface area (Å²) < 4.78 is 5.38. The van der Waals surface area contributed by atoms with Crippen LogP contribution in [0.1, 0.15) is 13.8 Å². The Balaban J connectivity index is 2.91. The summed E-state index contributed by atoms with van der Waals surface area (Å²) in [4.78, 5) is 17.1. The van der Waals surface area contributed by atoms with E-state index >= 15 is 0 Å². The second kappa shape index (κ2) is 7.73. The van der Waals surface area contributed by atoms with E-state index in [1.807, 2.05) is 25.9 Å². The molecule has 1 aromatic heterocycles. The molecule has 0 amide bonds. The highest BCUT2D eigenvalue weighted by molar-refractivity contribution is 5.44. The third kappa shape index (κ3) is 4.51. The number of hydrogen-bond donors (Lipinski definition) is 1. The maximum Gasteiger partial charge on any atom is 0.232 e. The maximum atomic E-state index is 5.38. The lowest BCUT2D eigenvalue weighted by Crippen LogP contribution is -2.30. The number of nitrogens with one attached hydrogen (secondary N) is 1. The van der Waals surface area contributed by atoms with Crippen molar-refractivity contribution in [3.63, 3.8) is 0 Å². The zero-order chi connectivity index (χ0) is 14.3. The van der Waals surface area contributed by atoms with Crippen LogP contribution < -0.4 is 15.1 Å². The number of anilines is 3. The molecule has 0 saturated carbocycles. The summed E-state index contributed by atoms with van der Waals surface area (Å²) in [6.45, 7) is 7.05. The van der Waals surface area contributed by atoms with E-state index in [1.54, 1.807) is 7.05 Å². The average Bonchev–Trinajstić information content (AvgIpc) is 2.43. The molecule has 0 aliphatic carbocycles. The topological polar surface area (TPSA) is 66.4 Å². The predicted molar refractivity (Wildman–Crippen MR) is 78.1 cm³/mol. The van der Waals surface area contributed by atoms with Gasteiger partial charge in [-0.3, -0.25) is 0 Å². The predicted octanol–water partition coefficient (Wildman–Crippen LogP) is 0.842. The number of aromatic nitrogens is 3. The van der Waals surface area contributed by atoms with Gasteiger partial charge >= 0.3 is 0 Å². The fourth-order valence-corrected chi connectivity index (χ4v) is 1.53. The van der Waals surface area contributed by atoms with Crippen molar-refractivity contribution in [3.05, 3.63) is 0 Å². The monoisotopic (exact) mass is 268 g/mol. The molecule has 0 spiro atoms. The molecule has 0 aliphatic rings. The van der Waals surface area contributed by atoms with Crippen LogP contribution in [0.2, 0.25) is 0 Å². The molecule has 0 radical (unpaired) electrons. The van der Waals surface area contributed by atoms with Gasteiger partial charge in [0.05, 0.1) is 6.61 Å². The van der Waals surface area contributed by atoms with Crippen molar-refractivity contribution < 1.29 is 4.74 Å². The lowest BCUT2D eigenvalue weighted by molar-refractivity contribution is 0.153. The summed E-state index contributed by atoms with van der Waals surface area (Å²) in [6.07, 6.45) is 0. The number of nitrogens with zero attached hydrogens (tertiary/aromatic N) is 5. The molecular formula is C12H24N6O. The van der Waals surface area contributed by atoms with Crippen molar-refractivity contribution in [1.29, 1.82) is 0 Å². The van der Waals surface area contributed by atoms with Crippen molar-refractivity contribution in [3.8, 4) is 0 Å². The van der Waals surface area contributed by atoms with Crippen molar-refractivity contribution >= 4 is 17.8 Å². The van der Waals surface area contributed by atoms with Crippen molar-refractivity contribution in [2.45, 2.75) is 13.8 Å². The lowest BCUT2D eigenvalue weighted by atomic mass is 10.5. The number of ether oxygens (including phenoxy) is 1. The molecule has 1 aromatic rings. The highest BCUT2D eigenvalue weighted by Crippen LogP contribution is 2.14. The minimum atomic E-state index is 0.573. The van der Waals surface area contributed by atoms with Crippen molar-refractivity contribution in [2.24, 2.45) is 0 Å². The molecule has 19 heavy (non-hydrogen) atoms. The molecule has 0 bridgehead atoms. The largest absolute Gasteiger partial charge is 0.380 e. The van der Waals surface area contributed by atoms with Gasteiger partial charge in [-0.15, -0.1) is 0 Å². The van der Waals surface area contributed by atoms with Gasteiger partial charge in [-0.05, 0) is 13.8 Å². The minimum absolute atomic E-state index is 0.573. The first-order valence-corrected chi connectivity index (χ1v) is 6.56. The maximum absolute atomic E-state index is 5.38. The molecule has 108 valence electrons. The molecule has 0 saturated heterocycles. The zero-order valence-corrected chi connectivity index (χ0v) is 12.5. The summed E-state index contributed by atoms with van der Waals surface area (Å²) >= 11 is 0. The van der Waals surface area contributed by atoms with Crippen LogP contribution in [0.15, 0.2) is 0 Å². The number of hydrogen-bond acceptors (Lipinski definition) is 7. The first-order valence-electron chi connectivity index (χ1n) is 6.56. The Morgan fingerprint density at radius 2 is 1.79 bits per heavy atom. The highest BCUT2D eigenvalue weighted by atomic mass is 16.5. The van der Waals surface area contributed by atoms with Gasteiger partial charge in [0, 0.05) is 40.8 Å². The Morgan fingerprint density at radius 3 is 2.32 bits per heavy atom. The molecule has 0 fully saturated rings. The van der Waals surface area contributed by atoms with Gasteiger partial charge in [0.15, 0.2) is 0 Å². The van der Waals surface area contributed by atoms with Gasteiger partial charge in [-0.2, -0.15) is 15.0 Å². The number of rotatable bonds is 8. The van der Waals surface area contributed by atoms with Gasteiger partial charge in [-0.25, -0.2) is 0 Å². The molecule has 0 aromatic carbocycles. The zero-order valence-electron chi connectivity index (χ0n) is 12.5. The normalized spacial score (nSPS) is 10.4. The van der Waals surface area contributed by atoms with Crippen molar-refractivity contribution in [2.75, 3.05) is 62.6 Å². The van der Waals surface area contributed by atoms with Crippen LogP contribution in [0.4, 0.5) is 17.8 Å². The van der Waals surface area contributed by atoms with Crippen LogP contribution in [-0.2, 0) is 4.74 Å². The van der Waals surface area contributed by atoms with E-state index in [-0.39, 0.29) is 0 Å². The van der Waals surface area contributed by atoms with Crippen LogP contribution in [-0.4, -0.2) is 62.4 Å². The summed E-state index contributed by atoms with van der Waals surface area (Å²) in [5, 5.41) is 2.96. The third-order valence-corrected chi connectivity index (χ3v) is 2.61. The van der Waals surface area contributed by atoms with E-state index in [0.29, 0.717) is 24.5 Å². The van der Waals surface area contributed by atoms with Crippen molar-refractivity contribution in [1.82, 2.24) is 15.0 Å². The summed E-state index contributed by atoms with van der Waals surface area (Å²) in [5.74, 6) is 1.89. The smallest absolute Gasteiger partial charge is 0.232 e. The Bertz CT molecular complexity index is 384. The second-order valence-electron chi connectivity index (χ2n) is 4.18. The molecule has 7 heteroatoms. The summed E-state index contributed by atoms with van der Waals surface area (Å²) in [5.41, 5.74) is 0. The van der Waals surface area contributed by atoms with E-state index in [0.717, 1.165) is 19.7 Å². The van der Waals surface area contributed by atoms with Gasteiger partial charge in [0.25, 0.3) is 0 Å². The highest BCUT2D eigenvalue weighted by Gasteiger charge is 2.12. The molecule has 0 unspecified atom stereocenters. The molecule has 1 N–H and O–H groups in total. The van der Waals surface area contributed by atoms with Crippen LogP contribution in [0.5, 0.6) is 0 Å². The van der Waals surface area contributed by atoms with Crippen LogP contribution in [0.3, 0.4) is 0 Å². The van der Waals surface area contributed by atoms with E-state index in [9.17, 15) is 0 Å². The Kier molecular flexibility index (Phi) is 6.27.